The number of benzene rings is 2. The van der Waals surface area contributed by atoms with Gasteiger partial charge < -0.3 is 9.47 Å². The second-order valence-electron chi connectivity index (χ2n) is 7.85. The molecule has 0 unspecified atom stereocenters. The van der Waals surface area contributed by atoms with Crippen LogP contribution in [0.15, 0.2) is 41.3 Å². The van der Waals surface area contributed by atoms with Gasteiger partial charge in [0.1, 0.15) is 16.4 Å². The number of carbonyl (C=O) groups excluding carboxylic acids is 1. The minimum absolute atomic E-state index is 0.00817. The van der Waals surface area contributed by atoms with Gasteiger partial charge in [-0.2, -0.15) is 0 Å². The Labute approximate surface area is 182 Å². The maximum absolute atomic E-state index is 13.2. The van der Waals surface area contributed by atoms with Crippen LogP contribution in [-0.4, -0.2) is 42.7 Å². The van der Waals surface area contributed by atoms with Crippen LogP contribution in [0.4, 0.5) is 11.4 Å². The number of sulfonamides is 2. The summed E-state index contributed by atoms with van der Waals surface area (Å²) >= 11 is 0. The van der Waals surface area contributed by atoms with Crippen LogP contribution in [0.3, 0.4) is 0 Å². The molecule has 1 fully saturated rings. The molecule has 0 spiro atoms. The molecular weight excluding hydrogens is 444 g/mol. The fraction of sp³-hybridized carbons (Fsp3) is 0.350. The zero-order chi connectivity index (χ0) is 23.2. The molecule has 1 saturated heterocycles. The molecule has 2 aromatic carbocycles. The Morgan fingerprint density at radius 2 is 1.65 bits per heavy atom. The molecule has 2 aromatic rings. The largest absolute Gasteiger partial charge is 0.495 e. The monoisotopic (exact) mass is 468 g/mol. The summed E-state index contributed by atoms with van der Waals surface area (Å²) in [6, 6.07) is 8.75. The number of nitrogens with one attached hydrogen (secondary N) is 1. The summed E-state index contributed by atoms with van der Waals surface area (Å²) in [7, 11) is -5.47. The summed E-state index contributed by atoms with van der Waals surface area (Å²) in [6.07, 6.45) is 0. The average Bonchev–Trinajstić information content (AvgIpc) is 2.83. The van der Waals surface area contributed by atoms with Crippen molar-refractivity contribution in [3.8, 4) is 11.5 Å². The molecule has 0 bridgehead atoms. The Morgan fingerprint density at radius 1 is 1.03 bits per heavy atom. The number of hydrogen-bond donors (Lipinski definition) is 1. The molecule has 0 atom stereocenters. The minimum atomic E-state index is -4.23. The van der Waals surface area contributed by atoms with Gasteiger partial charge in [0.25, 0.3) is 10.0 Å². The van der Waals surface area contributed by atoms with E-state index in [1.54, 1.807) is 25.1 Å². The van der Waals surface area contributed by atoms with Crippen molar-refractivity contribution in [3.05, 3.63) is 42.0 Å². The van der Waals surface area contributed by atoms with Crippen molar-refractivity contribution in [2.24, 2.45) is 5.41 Å². The predicted octanol–water partition coefficient (Wildman–Crippen LogP) is 2.52. The summed E-state index contributed by atoms with van der Waals surface area (Å²) in [4.78, 5) is 12.4. The summed E-state index contributed by atoms with van der Waals surface area (Å²) in [5, 5.41) is 0. The molecule has 1 amide bonds. The molecule has 0 saturated carbocycles. The van der Waals surface area contributed by atoms with Gasteiger partial charge >= 0.3 is 0 Å². The van der Waals surface area contributed by atoms with Crippen LogP contribution >= 0.6 is 0 Å². The van der Waals surface area contributed by atoms with Gasteiger partial charge in [0, 0.05) is 0 Å². The van der Waals surface area contributed by atoms with Gasteiger partial charge in [-0.15, -0.1) is 0 Å². The van der Waals surface area contributed by atoms with Gasteiger partial charge in [-0.05, 0) is 56.7 Å². The van der Waals surface area contributed by atoms with Crippen molar-refractivity contribution in [1.82, 2.24) is 0 Å². The lowest BCUT2D eigenvalue weighted by atomic mass is 9.95. The van der Waals surface area contributed by atoms with Gasteiger partial charge in [-0.25, -0.2) is 21.1 Å². The van der Waals surface area contributed by atoms with E-state index in [0.717, 1.165) is 11.6 Å². The van der Waals surface area contributed by atoms with Crippen LogP contribution in [0.25, 0.3) is 0 Å². The average molecular weight is 469 g/mol. The second-order valence-corrected chi connectivity index (χ2v) is 11.3. The fourth-order valence-corrected chi connectivity index (χ4v) is 6.71. The maximum atomic E-state index is 13.2. The molecule has 9 nitrogen and oxygen atoms in total. The Kier molecular flexibility index (Phi) is 5.70. The standard InChI is InChI=1S/C20H24N2O7S2/c1-13-6-8-16(28-4)15(10-13)21-31(26,27)18-11-14(7-9-17(18)29-5)22-19(23)20(2,3)12-30(22,24)25/h6-11,21H,12H2,1-5H3. The minimum Gasteiger partial charge on any atom is -0.495 e. The first-order valence-electron chi connectivity index (χ1n) is 9.25. The number of rotatable bonds is 6. The molecule has 1 aliphatic rings. The Morgan fingerprint density at radius 3 is 2.19 bits per heavy atom. The highest BCUT2D eigenvalue weighted by Gasteiger charge is 2.50. The van der Waals surface area contributed by atoms with E-state index in [-0.39, 0.29) is 27.8 Å². The van der Waals surface area contributed by atoms with Crippen molar-refractivity contribution >= 4 is 37.3 Å². The summed E-state index contributed by atoms with van der Waals surface area (Å²) in [6.45, 7) is 4.85. The van der Waals surface area contributed by atoms with Gasteiger partial charge in [-0.3, -0.25) is 9.52 Å². The third-order valence-electron chi connectivity index (χ3n) is 4.86. The lowest BCUT2D eigenvalue weighted by Gasteiger charge is -2.20. The third-order valence-corrected chi connectivity index (χ3v) is 8.26. The van der Waals surface area contributed by atoms with E-state index in [9.17, 15) is 21.6 Å². The van der Waals surface area contributed by atoms with E-state index in [4.69, 9.17) is 9.47 Å². The predicted molar refractivity (Wildman–Crippen MR) is 117 cm³/mol. The molecular formula is C20H24N2O7S2. The van der Waals surface area contributed by atoms with Crippen LogP contribution in [0, 0.1) is 12.3 Å². The molecule has 0 aliphatic carbocycles. The van der Waals surface area contributed by atoms with Crippen LogP contribution < -0.4 is 18.5 Å². The van der Waals surface area contributed by atoms with Gasteiger partial charge in [-0.1, -0.05) is 6.07 Å². The Balaban J connectivity index is 2.12. The maximum Gasteiger partial charge on any atom is 0.265 e. The van der Waals surface area contributed by atoms with Crippen molar-refractivity contribution in [2.75, 3.05) is 29.0 Å². The number of hydrogen-bond acceptors (Lipinski definition) is 7. The number of carbonyl (C=O) groups is 1. The SMILES string of the molecule is COc1ccc(C)cc1NS(=O)(=O)c1cc(N2C(=O)C(C)(C)CS2(=O)=O)ccc1OC. The van der Waals surface area contributed by atoms with E-state index >= 15 is 0 Å². The number of ether oxygens (including phenoxy) is 2. The summed E-state index contributed by atoms with van der Waals surface area (Å²) in [5.41, 5.74) is -0.186. The molecule has 0 aromatic heterocycles. The number of methoxy groups -OCH3 is 2. The van der Waals surface area contributed by atoms with Gasteiger partial charge in [0.05, 0.1) is 36.8 Å². The van der Waals surface area contributed by atoms with E-state index in [1.807, 2.05) is 0 Å². The lowest BCUT2D eigenvalue weighted by Crippen LogP contribution is -2.33. The smallest absolute Gasteiger partial charge is 0.265 e. The number of aryl methyl sites for hydroxylation is 1. The first-order valence-corrected chi connectivity index (χ1v) is 12.3. The van der Waals surface area contributed by atoms with Crippen LogP contribution in [0.1, 0.15) is 19.4 Å². The summed E-state index contributed by atoms with van der Waals surface area (Å²) in [5.74, 6) is -0.699. The highest BCUT2D eigenvalue weighted by Crippen LogP contribution is 2.39. The van der Waals surface area contributed by atoms with E-state index in [0.29, 0.717) is 10.1 Å². The molecule has 0 radical (unpaired) electrons. The van der Waals surface area contributed by atoms with Crippen LogP contribution in [-0.2, 0) is 24.8 Å². The molecule has 1 N–H and O–H groups in total. The fourth-order valence-electron chi connectivity index (χ4n) is 3.36. The van der Waals surface area contributed by atoms with Crippen molar-refractivity contribution in [3.63, 3.8) is 0 Å². The second kappa shape index (κ2) is 7.72. The molecule has 31 heavy (non-hydrogen) atoms. The molecule has 3 rings (SSSR count). The Hall–Kier alpha value is -2.79. The van der Waals surface area contributed by atoms with Gasteiger partial charge in [0.2, 0.25) is 15.9 Å². The molecule has 1 heterocycles. The molecule has 11 heteroatoms. The Bertz CT molecular complexity index is 1250. The van der Waals surface area contributed by atoms with Crippen molar-refractivity contribution < 1.29 is 31.1 Å². The van der Waals surface area contributed by atoms with Gasteiger partial charge in [0.15, 0.2) is 0 Å². The number of anilines is 2. The highest BCUT2D eigenvalue weighted by atomic mass is 32.2. The van der Waals surface area contributed by atoms with Crippen molar-refractivity contribution in [2.45, 2.75) is 25.7 Å². The van der Waals surface area contributed by atoms with E-state index in [1.165, 1.54) is 40.2 Å². The topological polar surface area (TPSA) is 119 Å². The molecule has 1 aliphatic heterocycles. The van der Waals surface area contributed by atoms with Crippen LogP contribution in [0.2, 0.25) is 0 Å². The van der Waals surface area contributed by atoms with E-state index < -0.39 is 31.4 Å². The number of nitrogens with zero attached hydrogens (tertiary/aromatic N) is 1. The quantitative estimate of drug-likeness (QED) is 0.692. The first kappa shape index (κ1) is 22.9. The van der Waals surface area contributed by atoms with Crippen molar-refractivity contribution in [1.29, 1.82) is 0 Å². The zero-order valence-corrected chi connectivity index (χ0v) is 19.4. The highest BCUT2D eigenvalue weighted by molar-refractivity contribution is 7.94. The van der Waals surface area contributed by atoms with E-state index in [2.05, 4.69) is 4.72 Å². The third kappa shape index (κ3) is 4.19. The lowest BCUT2D eigenvalue weighted by molar-refractivity contribution is -0.123. The molecule has 168 valence electrons. The normalized spacial score (nSPS) is 17.5. The zero-order valence-electron chi connectivity index (χ0n) is 17.8. The summed E-state index contributed by atoms with van der Waals surface area (Å²) < 4.78 is 65.1. The first-order chi connectivity index (χ1) is 14.3. The van der Waals surface area contributed by atoms with Crippen LogP contribution in [0.5, 0.6) is 11.5 Å². The number of amides is 1.